The van der Waals surface area contributed by atoms with Crippen LogP contribution in [0.4, 0.5) is 30.6 Å². The normalized spacial score (nSPS) is 15.5. The van der Waals surface area contributed by atoms with Crippen molar-refractivity contribution in [2.24, 2.45) is 7.05 Å². The predicted molar refractivity (Wildman–Crippen MR) is 130 cm³/mol. The Balaban J connectivity index is 1.85. The number of methoxy groups -OCH3 is 1. The minimum Gasteiger partial charge on any atom is -0.497 e. The highest BCUT2D eigenvalue weighted by Gasteiger charge is 2.43. The molecule has 10 nitrogen and oxygen atoms in total. The zero-order valence-electron chi connectivity index (χ0n) is 20.2. The molecule has 0 radical (unpaired) electrons. The van der Waals surface area contributed by atoms with Crippen LogP contribution in [0, 0.1) is 6.92 Å². The third-order valence-corrected chi connectivity index (χ3v) is 5.63. The standard InChI is InChI=1S/C24H23F3N6O4/c1-12-5-15(9-16(6-12)37-4)29-23-28-10-18(14-8-17(22(35)36)21(34)32(3)11-14)20(30-23)33-13(2)7-19(31-33)24(25,26)27/h5-11,19,31H,1-4H3,(H,35,36)(H,28,29,30). The number of aromatic nitrogens is 3. The van der Waals surface area contributed by atoms with E-state index in [2.05, 4.69) is 20.7 Å². The highest BCUT2D eigenvalue weighted by Crippen LogP contribution is 2.35. The van der Waals surface area contributed by atoms with Gasteiger partial charge in [-0.1, -0.05) is 0 Å². The van der Waals surface area contributed by atoms with Crippen molar-refractivity contribution in [1.82, 2.24) is 20.0 Å². The smallest absolute Gasteiger partial charge is 0.409 e. The van der Waals surface area contributed by atoms with Crippen LogP contribution in [-0.2, 0) is 7.05 Å². The number of allylic oxidation sites excluding steroid dienone is 1. The van der Waals surface area contributed by atoms with E-state index >= 15 is 0 Å². The van der Waals surface area contributed by atoms with Crippen molar-refractivity contribution < 1.29 is 27.8 Å². The monoisotopic (exact) mass is 516 g/mol. The second kappa shape index (κ2) is 9.58. The molecule has 1 aliphatic heterocycles. The number of carboxylic acid groups (broad SMARTS) is 1. The number of halogens is 3. The summed E-state index contributed by atoms with van der Waals surface area (Å²) in [7, 11) is 2.89. The van der Waals surface area contributed by atoms with Crippen LogP contribution in [0.3, 0.4) is 0 Å². The Morgan fingerprint density at radius 2 is 1.95 bits per heavy atom. The Labute approximate surface area is 209 Å². The molecule has 3 N–H and O–H groups in total. The largest absolute Gasteiger partial charge is 0.497 e. The average Bonchev–Trinajstić information content (AvgIpc) is 3.22. The van der Waals surface area contributed by atoms with E-state index in [9.17, 15) is 27.9 Å². The summed E-state index contributed by atoms with van der Waals surface area (Å²) >= 11 is 0. The number of hydrogen-bond acceptors (Lipinski definition) is 8. The number of aryl methyl sites for hydroxylation is 2. The minimum atomic E-state index is -4.56. The van der Waals surface area contributed by atoms with Gasteiger partial charge in [-0.25, -0.2) is 15.2 Å². The first-order valence-corrected chi connectivity index (χ1v) is 10.9. The van der Waals surface area contributed by atoms with Gasteiger partial charge >= 0.3 is 12.1 Å². The molecule has 0 saturated heterocycles. The van der Waals surface area contributed by atoms with Crippen LogP contribution in [0.1, 0.15) is 22.8 Å². The van der Waals surface area contributed by atoms with Crippen molar-refractivity contribution >= 4 is 23.4 Å². The van der Waals surface area contributed by atoms with Crippen molar-refractivity contribution in [2.45, 2.75) is 26.1 Å². The molecule has 0 fully saturated rings. The highest BCUT2D eigenvalue weighted by atomic mass is 19.4. The molecule has 0 saturated carbocycles. The summed E-state index contributed by atoms with van der Waals surface area (Å²) in [6.07, 6.45) is -0.839. The maximum Gasteiger partial charge on any atom is 0.409 e. The third-order valence-electron chi connectivity index (χ3n) is 5.63. The molecule has 3 heterocycles. The predicted octanol–water partition coefficient (Wildman–Crippen LogP) is 3.76. The van der Waals surface area contributed by atoms with E-state index in [-0.39, 0.29) is 28.6 Å². The molecule has 1 atom stereocenters. The molecule has 4 rings (SSSR count). The molecule has 0 aliphatic carbocycles. The number of nitrogens with zero attached hydrogens (tertiary/aromatic N) is 4. The summed E-state index contributed by atoms with van der Waals surface area (Å²) in [6, 6.07) is 4.52. The number of aromatic carboxylic acids is 1. The Hall–Kier alpha value is -4.39. The zero-order chi connectivity index (χ0) is 27.1. The molecule has 0 bridgehead atoms. The third kappa shape index (κ3) is 5.26. The molecule has 37 heavy (non-hydrogen) atoms. The van der Waals surface area contributed by atoms with Crippen LogP contribution in [0.25, 0.3) is 11.1 Å². The lowest BCUT2D eigenvalue weighted by Crippen LogP contribution is -2.45. The van der Waals surface area contributed by atoms with Crippen LogP contribution in [0.5, 0.6) is 5.75 Å². The molecule has 1 aliphatic rings. The van der Waals surface area contributed by atoms with E-state index in [0.29, 0.717) is 11.4 Å². The zero-order valence-corrected chi connectivity index (χ0v) is 20.2. The fourth-order valence-corrected chi connectivity index (χ4v) is 3.88. The van der Waals surface area contributed by atoms with E-state index in [1.807, 2.05) is 19.1 Å². The van der Waals surface area contributed by atoms with Crippen LogP contribution in [0.15, 0.2) is 53.2 Å². The summed E-state index contributed by atoms with van der Waals surface area (Å²) in [5.74, 6) is -0.768. The molecule has 1 aromatic carbocycles. The fraction of sp³-hybridized carbons (Fsp3) is 0.250. The highest BCUT2D eigenvalue weighted by molar-refractivity contribution is 5.90. The molecule has 13 heteroatoms. The van der Waals surface area contributed by atoms with Gasteiger partial charge in [-0.15, -0.1) is 0 Å². The lowest BCUT2D eigenvalue weighted by Gasteiger charge is -2.25. The Kier molecular flexibility index (Phi) is 6.65. The van der Waals surface area contributed by atoms with E-state index in [4.69, 9.17) is 4.74 Å². The summed E-state index contributed by atoms with van der Waals surface area (Å²) in [4.78, 5) is 32.6. The number of rotatable bonds is 6. The Morgan fingerprint density at radius 1 is 1.22 bits per heavy atom. The number of ether oxygens (including phenoxy) is 1. The molecule has 2 aromatic heterocycles. The van der Waals surface area contributed by atoms with Crippen molar-refractivity contribution in [3.8, 4) is 16.9 Å². The van der Waals surface area contributed by atoms with E-state index in [1.165, 1.54) is 33.5 Å². The van der Waals surface area contributed by atoms with Crippen molar-refractivity contribution in [3.63, 3.8) is 0 Å². The lowest BCUT2D eigenvalue weighted by molar-refractivity contribution is -0.142. The van der Waals surface area contributed by atoms with E-state index in [1.54, 1.807) is 6.07 Å². The average molecular weight is 516 g/mol. The quantitative estimate of drug-likeness (QED) is 0.450. The Bertz CT molecular complexity index is 1470. The SMILES string of the molecule is COc1cc(C)cc(Nc2ncc(-c3cc(C(=O)O)c(=O)n(C)c3)c(N3NC(C(F)(F)F)C=C3C)n2)c1. The van der Waals surface area contributed by atoms with Crippen LogP contribution in [-0.4, -0.2) is 44.9 Å². The van der Waals surface area contributed by atoms with Gasteiger partial charge in [0.2, 0.25) is 5.95 Å². The summed E-state index contributed by atoms with van der Waals surface area (Å²) in [5, 5.41) is 13.6. The number of nitrogens with one attached hydrogen (secondary N) is 2. The molecular formula is C24H23F3N6O4. The lowest BCUT2D eigenvalue weighted by atomic mass is 10.1. The second-order valence-electron chi connectivity index (χ2n) is 8.45. The Morgan fingerprint density at radius 3 is 2.57 bits per heavy atom. The van der Waals surface area contributed by atoms with Crippen molar-refractivity contribution in [2.75, 3.05) is 17.4 Å². The number of carboxylic acids is 1. The summed E-state index contributed by atoms with van der Waals surface area (Å²) in [6.45, 7) is 3.34. The van der Waals surface area contributed by atoms with E-state index < -0.39 is 29.3 Å². The molecule has 0 spiro atoms. The van der Waals surface area contributed by atoms with Gasteiger partial charge in [-0.3, -0.25) is 9.80 Å². The number of hydrogen-bond donors (Lipinski definition) is 3. The van der Waals surface area contributed by atoms with Gasteiger partial charge in [0, 0.05) is 48.0 Å². The first-order chi connectivity index (χ1) is 17.4. The number of benzene rings is 1. The van der Waals surface area contributed by atoms with Gasteiger partial charge < -0.3 is 19.7 Å². The maximum atomic E-state index is 13.5. The summed E-state index contributed by atoms with van der Waals surface area (Å²) < 4.78 is 46.8. The van der Waals surface area contributed by atoms with Gasteiger partial charge in [0.15, 0.2) is 5.82 Å². The van der Waals surface area contributed by atoms with Crippen LogP contribution in [0.2, 0.25) is 0 Å². The van der Waals surface area contributed by atoms with Crippen LogP contribution < -0.4 is 26.0 Å². The van der Waals surface area contributed by atoms with Gasteiger partial charge in [0.05, 0.1) is 7.11 Å². The fourth-order valence-electron chi connectivity index (χ4n) is 3.88. The molecule has 3 aromatic rings. The van der Waals surface area contributed by atoms with Crippen molar-refractivity contribution in [1.29, 1.82) is 0 Å². The van der Waals surface area contributed by atoms with Gasteiger partial charge in [-0.2, -0.15) is 18.2 Å². The molecule has 1 unspecified atom stereocenters. The molecule has 194 valence electrons. The number of alkyl halides is 3. The first-order valence-electron chi connectivity index (χ1n) is 10.9. The molecular weight excluding hydrogens is 493 g/mol. The first kappa shape index (κ1) is 25.7. The van der Waals surface area contributed by atoms with Crippen LogP contribution >= 0.6 is 0 Å². The maximum absolute atomic E-state index is 13.5. The number of carbonyl (C=O) groups is 1. The number of anilines is 3. The van der Waals surface area contributed by atoms with Gasteiger partial charge in [0.1, 0.15) is 17.4 Å². The van der Waals surface area contributed by atoms with E-state index in [0.717, 1.165) is 27.3 Å². The van der Waals surface area contributed by atoms with Gasteiger partial charge in [0.25, 0.3) is 5.56 Å². The molecule has 0 amide bonds. The minimum absolute atomic E-state index is 0.0209. The number of pyridine rings is 1. The second-order valence-corrected chi connectivity index (χ2v) is 8.45. The number of hydrazine groups is 1. The topological polar surface area (TPSA) is 122 Å². The summed E-state index contributed by atoms with van der Waals surface area (Å²) in [5.41, 5.74) is 3.25. The van der Waals surface area contributed by atoms with Gasteiger partial charge in [-0.05, 0) is 43.7 Å². The van der Waals surface area contributed by atoms with Crippen molar-refractivity contribution in [3.05, 3.63) is 69.9 Å².